The van der Waals surface area contributed by atoms with Crippen LogP contribution in [0.2, 0.25) is 0 Å². The topological polar surface area (TPSA) is 17.1 Å². The number of carbonyl (C=O) groups is 1. The van der Waals surface area contributed by atoms with E-state index >= 15 is 0 Å². The molecule has 16 heavy (non-hydrogen) atoms. The highest BCUT2D eigenvalue weighted by Gasteiger charge is 2.37. The number of unbranched alkanes of at least 4 members (excludes halogenated alkanes) is 1. The predicted molar refractivity (Wildman–Crippen MR) is 66.9 cm³/mol. The van der Waals surface area contributed by atoms with E-state index in [2.05, 4.69) is 25.1 Å². The Morgan fingerprint density at radius 1 is 1.31 bits per heavy atom. The van der Waals surface area contributed by atoms with E-state index in [0.717, 1.165) is 18.4 Å². The van der Waals surface area contributed by atoms with Crippen LogP contribution in [0.5, 0.6) is 0 Å². The number of carbonyl (C=O) groups excluding carboxylic acids is 1. The standard InChI is InChI=1S/C15H20O/c1-4-5-6-11-7-8-12-10-15(2,3)14(16)13(12)9-11/h7-9H,4-6,10H2,1-3H3. The number of hydrogen-bond donors (Lipinski definition) is 0. The number of fused-ring (bicyclic) bond motifs is 1. The van der Waals surface area contributed by atoms with Crippen LogP contribution in [0.3, 0.4) is 0 Å². The van der Waals surface area contributed by atoms with E-state index in [1.165, 1.54) is 24.0 Å². The average Bonchev–Trinajstić information content (AvgIpc) is 2.47. The number of ketones is 1. The van der Waals surface area contributed by atoms with Crippen molar-refractivity contribution in [3.63, 3.8) is 0 Å². The van der Waals surface area contributed by atoms with Gasteiger partial charge in [-0.05, 0) is 36.5 Å². The maximum atomic E-state index is 12.1. The van der Waals surface area contributed by atoms with Gasteiger partial charge in [-0.3, -0.25) is 4.79 Å². The van der Waals surface area contributed by atoms with Gasteiger partial charge in [0.05, 0.1) is 0 Å². The van der Waals surface area contributed by atoms with Gasteiger partial charge in [-0.1, -0.05) is 39.3 Å². The summed E-state index contributed by atoms with van der Waals surface area (Å²) in [5, 5.41) is 0. The molecule has 0 atom stereocenters. The molecule has 1 aromatic carbocycles. The zero-order valence-corrected chi connectivity index (χ0v) is 10.5. The molecule has 0 amide bonds. The van der Waals surface area contributed by atoms with Gasteiger partial charge in [0.25, 0.3) is 0 Å². The van der Waals surface area contributed by atoms with Crippen LogP contribution in [-0.4, -0.2) is 5.78 Å². The van der Waals surface area contributed by atoms with E-state index in [9.17, 15) is 4.79 Å². The highest BCUT2D eigenvalue weighted by molar-refractivity contribution is 6.04. The molecule has 2 rings (SSSR count). The first-order valence-electron chi connectivity index (χ1n) is 6.21. The molecular weight excluding hydrogens is 196 g/mol. The van der Waals surface area contributed by atoms with Gasteiger partial charge in [0, 0.05) is 11.0 Å². The SMILES string of the molecule is CCCCc1ccc2c(c1)C(=O)C(C)(C)C2. The summed E-state index contributed by atoms with van der Waals surface area (Å²) in [6.45, 7) is 6.28. The Kier molecular flexibility index (Phi) is 2.88. The van der Waals surface area contributed by atoms with Crippen molar-refractivity contribution < 1.29 is 4.79 Å². The van der Waals surface area contributed by atoms with Crippen molar-refractivity contribution in [1.29, 1.82) is 0 Å². The fourth-order valence-corrected chi connectivity index (χ4v) is 2.45. The molecule has 0 bridgehead atoms. The van der Waals surface area contributed by atoms with Crippen molar-refractivity contribution >= 4 is 5.78 Å². The Balaban J connectivity index is 2.28. The summed E-state index contributed by atoms with van der Waals surface area (Å²) < 4.78 is 0. The number of aryl methyl sites for hydroxylation is 1. The minimum Gasteiger partial charge on any atom is -0.294 e. The third-order valence-corrected chi connectivity index (χ3v) is 3.48. The first kappa shape index (κ1) is 11.4. The molecule has 0 radical (unpaired) electrons. The molecule has 1 aliphatic carbocycles. The van der Waals surface area contributed by atoms with Gasteiger partial charge in [0.2, 0.25) is 0 Å². The molecule has 0 spiro atoms. The summed E-state index contributed by atoms with van der Waals surface area (Å²) in [5.74, 6) is 0.320. The van der Waals surface area contributed by atoms with Gasteiger partial charge in [0.1, 0.15) is 0 Å². The van der Waals surface area contributed by atoms with Crippen LogP contribution >= 0.6 is 0 Å². The lowest BCUT2D eigenvalue weighted by Crippen LogP contribution is -2.18. The monoisotopic (exact) mass is 216 g/mol. The molecule has 0 aliphatic heterocycles. The summed E-state index contributed by atoms with van der Waals surface area (Å²) in [5.41, 5.74) is 3.33. The Labute approximate surface area is 97.9 Å². The molecule has 0 unspecified atom stereocenters. The lowest BCUT2D eigenvalue weighted by molar-refractivity contribution is 0.0863. The van der Waals surface area contributed by atoms with Gasteiger partial charge in [-0.15, -0.1) is 0 Å². The molecule has 1 nitrogen and oxygen atoms in total. The largest absolute Gasteiger partial charge is 0.294 e. The van der Waals surface area contributed by atoms with Crippen LogP contribution < -0.4 is 0 Å². The summed E-state index contributed by atoms with van der Waals surface area (Å²) in [4.78, 5) is 12.1. The zero-order valence-electron chi connectivity index (χ0n) is 10.5. The first-order chi connectivity index (χ1) is 7.54. The van der Waals surface area contributed by atoms with Gasteiger partial charge in [-0.2, -0.15) is 0 Å². The quantitative estimate of drug-likeness (QED) is 0.751. The number of hydrogen-bond acceptors (Lipinski definition) is 1. The van der Waals surface area contributed by atoms with Gasteiger partial charge in [0.15, 0.2) is 5.78 Å². The van der Waals surface area contributed by atoms with Crippen molar-refractivity contribution in [3.8, 4) is 0 Å². The van der Waals surface area contributed by atoms with Crippen molar-refractivity contribution in [1.82, 2.24) is 0 Å². The molecule has 0 fully saturated rings. The molecule has 86 valence electrons. The zero-order chi connectivity index (χ0) is 11.8. The molecule has 1 aromatic rings. The average molecular weight is 216 g/mol. The first-order valence-corrected chi connectivity index (χ1v) is 6.21. The molecule has 0 saturated heterocycles. The van der Waals surface area contributed by atoms with Gasteiger partial charge >= 0.3 is 0 Å². The molecule has 0 heterocycles. The summed E-state index contributed by atoms with van der Waals surface area (Å²) in [7, 11) is 0. The van der Waals surface area contributed by atoms with E-state index in [0.29, 0.717) is 5.78 Å². The fourth-order valence-electron chi connectivity index (χ4n) is 2.45. The summed E-state index contributed by atoms with van der Waals surface area (Å²) in [6.07, 6.45) is 4.40. The van der Waals surface area contributed by atoms with Crippen LogP contribution in [0.25, 0.3) is 0 Å². The van der Waals surface area contributed by atoms with Crippen LogP contribution in [-0.2, 0) is 12.8 Å². The van der Waals surface area contributed by atoms with Crippen LogP contribution in [0, 0.1) is 5.41 Å². The minimum atomic E-state index is -0.189. The number of benzene rings is 1. The molecule has 1 aliphatic rings. The van der Waals surface area contributed by atoms with Gasteiger partial charge in [-0.25, -0.2) is 0 Å². The third kappa shape index (κ3) is 1.91. The van der Waals surface area contributed by atoms with E-state index in [-0.39, 0.29) is 5.41 Å². The maximum Gasteiger partial charge on any atom is 0.169 e. The lowest BCUT2D eigenvalue weighted by atomic mass is 9.89. The van der Waals surface area contributed by atoms with E-state index in [1.54, 1.807) is 0 Å². The maximum absolute atomic E-state index is 12.1. The van der Waals surface area contributed by atoms with E-state index in [1.807, 2.05) is 13.8 Å². The molecule has 0 N–H and O–H groups in total. The minimum absolute atomic E-state index is 0.189. The Morgan fingerprint density at radius 2 is 2.06 bits per heavy atom. The smallest absolute Gasteiger partial charge is 0.169 e. The number of rotatable bonds is 3. The van der Waals surface area contributed by atoms with Crippen molar-refractivity contribution in [2.24, 2.45) is 5.41 Å². The predicted octanol–water partition coefficient (Wildman–Crippen LogP) is 3.79. The normalized spacial score (nSPS) is 17.6. The van der Waals surface area contributed by atoms with E-state index < -0.39 is 0 Å². The third-order valence-electron chi connectivity index (χ3n) is 3.48. The Hall–Kier alpha value is -1.11. The summed E-state index contributed by atoms with van der Waals surface area (Å²) in [6, 6.07) is 6.44. The highest BCUT2D eigenvalue weighted by Crippen LogP contribution is 2.36. The van der Waals surface area contributed by atoms with Crippen LogP contribution in [0.15, 0.2) is 18.2 Å². The molecule has 1 heteroatoms. The highest BCUT2D eigenvalue weighted by atomic mass is 16.1. The van der Waals surface area contributed by atoms with Crippen LogP contribution in [0.4, 0.5) is 0 Å². The molecule has 0 saturated carbocycles. The Bertz CT molecular complexity index is 415. The second-order valence-electron chi connectivity index (χ2n) is 5.48. The number of Topliss-reactive ketones (excluding diaryl/α,β-unsaturated/α-hetero) is 1. The van der Waals surface area contributed by atoms with Gasteiger partial charge < -0.3 is 0 Å². The Morgan fingerprint density at radius 3 is 2.75 bits per heavy atom. The summed E-state index contributed by atoms with van der Waals surface area (Å²) >= 11 is 0. The van der Waals surface area contributed by atoms with Crippen molar-refractivity contribution in [3.05, 3.63) is 34.9 Å². The molecule has 0 aromatic heterocycles. The van der Waals surface area contributed by atoms with Crippen LogP contribution in [0.1, 0.15) is 55.1 Å². The lowest BCUT2D eigenvalue weighted by Gasteiger charge is -2.13. The fraction of sp³-hybridized carbons (Fsp3) is 0.533. The van der Waals surface area contributed by atoms with E-state index in [4.69, 9.17) is 0 Å². The second-order valence-corrected chi connectivity index (χ2v) is 5.48. The molecular formula is C15H20O. The van der Waals surface area contributed by atoms with Crippen molar-refractivity contribution in [2.75, 3.05) is 0 Å². The van der Waals surface area contributed by atoms with Crippen molar-refractivity contribution in [2.45, 2.75) is 46.5 Å². The second kappa shape index (κ2) is 4.04.